The van der Waals surface area contributed by atoms with E-state index in [0.717, 1.165) is 18.5 Å². The number of nitrogens with one attached hydrogen (secondary N) is 3. The molecule has 0 fully saturated rings. The number of hydrazine groups is 1. The van der Waals surface area contributed by atoms with Crippen molar-refractivity contribution >= 4 is 23.2 Å². The Morgan fingerprint density at radius 1 is 0.800 bits per heavy atom. The number of benzene rings is 1. The lowest BCUT2D eigenvalue weighted by atomic mass is 10.0. The van der Waals surface area contributed by atoms with Crippen LogP contribution in [0.4, 0.5) is 17.3 Å². The Bertz CT molecular complexity index is 857. The van der Waals surface area contributed by atoms with Crippen molar-refractivity contribution in [3.05, 3.63) is 41.7 Å². The molecule has 0 spiro atoms. The third-order valence-electron chi connectivity index (χ3n) is 6.39. The van der Waals surface area contributed by atoms with Gasteiger partial charge in [-0.2, -0.15) is 0 Å². The number of nitrogens with two attached hydrogens (primary N) is 1. The van der Waals surface area contributed by atoms with Crippen molar-refractivity contribution in [3.8, 4) is 0 Å². The minimum atomic E-state index is -0.238. The molecule has 0 aliphatic rings. The predicted octanol–water partition coefficient (Wildman–Crippen LogP) is 7.02. The van der Waals surface area contributed by atoms with Crippen molar-refractivity contribution < 1.29 is 4.79 Å². The fourth-order valence-corrected chi connectivity index (χ4v) is 4.17. The summed E-state index contributed by atoms with van der Waals surface area (Å²) in [7, 11) is 0. The van der Waals surface area contributed by atoms with E-state index in [1.54, 1.807) is 6.07 Å². The van der Waals surface area contributed by atoms with Crippen LogP contribution in [0.15, 0.2) is 30.6 Å². The summed E-state index contributed by atoms with van der Waals surface area (Å²) in [4.78, 5) is 20.8. The van der Waals surface area contributed by atoms with E-state index in [9.17, 15) is 4.79 Å². The fourth-order valence-electron chi connectivity index (χ4n) is 4.17. The maximum atomic E-state index is 12.4. The Labute approximate surface area is 212 Å². The number of anilines is 3. The summed E-state index contributed by atoms with van der Waals surface area (Å²) in [5.74, 6) is 0.728. The minimum absolute atomic E-state index is 0.238. The number of aromatic nitrogens is 2. The summed E-state index contributed by atoms with van der Waals surface area (Å²) in [6, 6.07) is 7.41. The molecule has 7 nitrogen and oxygen atoms in total. The van der Waals surface area contributed by atoms with Gasteiger partial charge < -0.3 is 11.1 Å². The van der Waals surface area contributed by atoms with E-state index >= 15 is 0 Å². The molecule has 0 saturated carbocycles. The smallest absolute Gasteiger partial charge is 0.269 e. The number of aryl methyl sites for hydroxylation is 1. The summed E-state index contributed by atoms with van der Waals surface area (Å²) in [6.45, 7) is 4.98. The molecule has 0 aliphatic heterocycles. The van der Waals surface area contributed by atoms with E-state index in [0.29, 0.717) is 22.9 Å². The molecule has 0 atom stereocenters. The molecule has 7 heteroatoms. The lowest BCUT2D eigenvalue weighted by Gasteiger charge is -2.13. The number of carbonyl (C=O) groups excluding carboxylic acids is 1. The van der Waals surface area contributed by atoms with Crippen molar-refractivity contribution in [2.75, 3.05) is 23.0 Å². The average molecular weight is 483 g/mol. The van der Waals surface area contributed by atoms with E-state index in [1.807, 2.05) is 25.1 Å². The van der Waals surface area contributed by atoms with Crippen LogP contribution in [0.2, 0.25) is 0 Å². The van der Waals surface area contributed by atoms with Crippen molar-refractivity contribution in [1.82, 2.24) is 15.4 Å². The van der Waals surface area contributed by atoms with E-state index in [2.05, 4.69) is 33.1 Å². The standard InChI is InChI=1S/C28H46N6O/c1-3-4-5-6-7-8-9-10-11-12-13-14-15-18-21-30-26-25(29)27(32-22-31-26)33-34-28(35)24-20-17-16-19-23(24)2/h16-17,19-20,22H,3-15,18,21,29H2,1-2H3,(H,34,35)(H2,30,31,32,33). The van der Waals surface area contributed by atoms with Crippen LogP contribution >= 0.6 is 0 Å². The van der Waals surface area contributed by atoms with Gasteiger partial charge in [0.05, 0.1) is 0 Å². The molecule has 1 aromatic carbocycles. The van der Waals surface area contributed by atoms with Gasteiger partial charge in [0.25, 0.3) is 5.91 Å². The van der Waals surface area contributed by atoms with Crippen LogP contribution in [0.3, 0.4) is 0 Å². The Kier molecular flexibility index (Phi) is 14.3. The molecule has 0 bridgehead atoms. The lowest BCUT2D eigenvalue weighted by molar-refractivity contribution is 0.0962. The second kappa shape index (κ2) is 17.6. The first-order chi connectivity index (χ1) is 17.1. The molecule has 0 aliphatic carbocycles. The summed E-state index contributed by atoms with van der Waals surface area (Å²) >= 11 is 0. The van der Waals surface area contributed by atoms with Gasteiger partial charge in [-0.15, -0.1) is 0 Å². The summed E-state index contributed by atoms with van der Waals surface area (Å²) in [6.07, 6.45) is 20.2. The summed E-state index contributed by atoms with van der Waals surface area (Å²) in [5, 5.41) is 3.30. The normalized spacial score (nSPS) is 10.8. The van der Waals surface area contributed by atoms with Gasteiger partial charge in [-0.05, 0) is 25.0 Å². The van der Waals surface area contributed by atoms with Crippen LogP contribution in [-0.2, 0) is 0 Å². The number of unbranched alkanes of at least 4 members (excludes halogenated alkanes) is 13. The van der Waals surface area contributed by atoms with Crippen LogP contribution in [0.1, 0.15) is 113 Å². The molecule has 1 amide bonds. The molecule has 0 saturated heterocycles. The second-order valence-corrected chi connectivity index (χ2v) is 9.40. The van der Waals surface area contributed by atoms with Crippen LogP contribution in [0.25, 0.3) is 0 Å². The molecule has 1 heterocycles. The molecule has 5 N–H and O–H groups in total. The van der Waals surface area contributed by atoms with Gasteiger partial charge in [-0.1, -0.05) is 109 Å². The zero-order chi connectivity index (χ0) is 25.1. The number of rotatable bonds is 19. The van der Waals surface area contributed by atoms with Crippen LogP contribution in [0.5, 0.6) is 0 Å². The molecule has 2 rings (SSSR count). The number of amides is 1. The van der Waals surface area contributed by atoms with Crippen molar-refractivity contribution in [3.63, 3.8) is 0 Å². The zero-order valence-corrected chi connectivity index (χ0v) is 21.9. The van der Waals surface area contributed by atoms with E-state index in [1.165, 1.54) is 89.8 Å². The molecule has 2 aromatic rings. The van der Waals surface area contributed by atoms with E-state index in [-0.39, 0.29) is 5.91 Å². The minimum Gasteiger partial charge on any atom is -0.393 e. The highest BCUT2D eigenvalue weighted by Crippen LogP contribution is 2.22. The second-order valence-electron chi connectivity index (χ2n) is 9.40. The maximum Gasteiger partial charge on any atom is 0.269 e. The van der Waals surface area contributed by atoms with Crippen molar-refractivity contribution in [1.29, 1.82) is 0 Å². The molecular weight excluding hydrogens is 436 g/mol. The number of hydrogen-bond acceptors (Lipinski definition) is 6. The predicted molar refractivity (Wildman–Crippen MR) is 148 cm³/mol. The number of hydrogen-bond donors (Lipinski definition) is 4. The van der Waals surface area contributed by atoms with E-state index in [4.69, 9.17) is 5.73 Å². The summed E-state index contributed by atoms with van der Waals surface area (Å²) in [5.41, 5.74) is 13.6. The average Bonchev–Trinajstić information content (AvgIpc) is 2.86. The highest BCUT2D eigenvalue weighted by Gasteiger charge is 2.11. The monoisotopic (exact) mass is 482 g/mol. The topological polar surface area (TPSA) is 105 Å². The Morgan fingerprint density at radius 2 is 1.34 bits per heavy atom. The lowest BCUT2D eigenvalue weighted by Crippen LogP contribution is -2.31. The van der Waals surface area contributed by atoms with Crippen LogP contribution in [-0.4, -0.2) is 22.4 Å². The number of carbonyl (C=O) groups is 1. The molecular formula is C28H46N6O. The zero-order valence-electron chi connectivity index (χ0n) is 21.9. The van der Waals surface area contributed by atoms with Gasteiger partial charge in [0, 0.05) is 12.1 Å². The molecule has 194 valence electrons. The Hall–Kier alpha value is -2.83. The van der Waals surface area contributed by atoms with Crippen molar-refractivity contribution in [2.24, 2.45) is 0 Å². The maximum absolute atomic E-state index is 12.4. The Morgan fingerprint density at radius 3 is 1.94 bits per heavy atom. The summed E-state index contributed by atoms with van der Waals surface area (Å²) < 4.78 is 0. The van der Waals surface area contributed by atoms with Gasteiger partial charge in [0.1, 0.15) is 12.0 Å². The van der Waals surface area contributed by atoms with Gasteiger partial charge in [0.2, 0.25) is 0 Å². The molecule has 0 radical (unpaired) electrons. The van der Waals surface area contributed by atoms with Gasteiger partial charge in [-0.3, -0.25) is 15.6 Å². The number of nitrogens with zero attached hydrogens (tertiary/aromatic N) is 2. The number of nitrogen functional groups attached to an aromatic ring is 1. The third-order valence-corrected chi connectivity index (χ3v) is 6.39. The third kappa shape index (κ3) is 11.4. The van der Waals surface area contributed by atoms with Crippen LogP contribution in [0, 0.1) is 6.92 Å². The van der Waals surface area contributed by atoms with E-state index < -0.39 is 0 Å². The first kappa shape index (κ1) is 28.4. The first-order valence-corrected chi connectivity index (χ1v) is 13.6. The van der Waals surface area contributed by atoms with Gasteiger partial charge in [0.15, 0.2) is 11.6 Å². The molecule has 1 aromatic heterocycles. The SMILES string of the molecule is CCCCCCCCCCCCCCCCNc1ncnc(NNC(=O)c2ccccc2C)c1N. The highest BCUT2D eigenvalue weighted by molar-refractivity contribution is 5.96. The fraction of sp³-hybridized carbons (Fsp3) is 0.607. The Balaban J connectivity index is 1.54. The first-order valence-electron chi connectivity index (χ1n) is 13.6. The van der Waals surface area contributed by atoms with Crippen LogP contribution < -0.4 is 21.9 Å². The van der Waals surface area contributed by atoms with Gasteiger partial charge in [-0.25, -0.2) is 9.97 Å². The quantitative estimate of drug-likeness (QED) is 0.127. The molecule has 0 unspecified atom stereocenters. The largest absolute Gasteiger partial charge is 0.393 e. The molecule has 35 heavy (non-hydrogen) atoms. The van der Waals surface area contributed by atoms with Gasteiger partial charge >= 0.3 is 0 Å². The highest BCUT2D eigenvalue weighted by atomic mass is 16.2. The van der Waals surface area contributed by atoms with Crippen molar-refractivity contribution in [2.45, 2.75) is 104 Å².